The van der Waals surface area contributed by atoms with Crippen LogP contribution in [-0.4, -0.2) is 37.4 Å². The number of halogens is 1. The van der Waals surface area contributed by atoms with Crippen LogP contribution in [0.5, 0.6) is 5.88 Å². The third kappa shape index (κ3) is 6.29. The second kappa shape index (κ2) is 10.1. The minimum absolute atomic E-state index is 0.608. The number of pyridine rings is 1. The summed E-state index contributed by atoms with van der Waals surface area (Å²) in [6, 6.07) is 11.7. The fourth-order valence-corrected chi connectivity index (χ4v) is 2.84. The van der Waals surface area contributed by atoms with E-state index in [2.05, 4.69) is 20.6 Å². The Balaban J connectivity index is 1.71. The van der Waals surface area contributed by atoms with E-state index >= 15 is 0 Å². The number of ether oxygens (including phenoxy) is 1. The molecule has 0 amide bonds. The molecule has 1 heterocycles. The number of hydrogen-bond donors (Lipinski definition) is 2. The van der Waals surface area contributed by atoms with Crippen molar-refractivity contribution < 1.29 is 4.74 Å². The molecule has 2 N–H and O–H groups in total. The van der Waals surface area contributed by atoms with Crippen LogP contribution in [-0.2, 0) is 6.54 Å². The molecule has 0 saturated carbocycles. The molecule has 0 aliphatic heterocycles. The summed E-state index contributed by atoms with van der Waals surface area (Å²) < 4.78 is 5.12. The molecule has 5 nitrogen and oxygen atoms in total. The van der Waals surface area contributed by atoms with E-state index in [1.807, 2.05) is 36.4 Å². The van der Waals surface area contributed by atoms with Crippen LogP contribution in [0.1, 0.15) is 5.56 Å². The standard InChI is InChI=1S/C17H21ClN4OS/c1-19-17(22-12-13-7-8-20-16(11-13)23-2)21-9-10-24-15-5-3-14(18)4-6-15/h3-8,11H,9-10,12H2,1-2H3,(H2,19,21,22). The highest BCUT2D eigenvalue weighted by atomic mass is 35.5. The number of thioether (sulfide) groups is 1. The maximum absolute atomic E-state index is 5.88. The van der Waals surface area contributed by atoms with E-state index in [9.17, 15) is 0 Å². The highest BCUT2D eigenvalue weighted by Crippen LogP contribution is 2.19. The summed E-state index contributed by atoms with van der Waals surface area (Å²) in [5.74, 6) is 2.31. The first-order valence-electron chi connectivity index (χ1n) is 7.53. The molecule has 0 aliphatic carbocycles. The van der Waals surface area contributed by atoms with Gasteiger partial charge >= 0.3 is 0 Å². The number of hydrogen-bond acceptors (Lipinski definition) is 4. The second-order valence-corrected chi connectivity index (χ2v) is 6.47. The zero-order chi connectivity index (χ0) is 17.2. The van der Waals surface area contributed by atoms with Gasteiger partial charge < -0.3 is 15.4 Å². The molecule has 1 aromatic heterocycles. The Morgan fingerprint density at radius 3 is 2.75 bits per heavy atom. The third-order valence-electron chi connectivity index (χ3n) is 3.17. The summed E-state index contributed by atoms with van der Waals surface area (Å²) in [5, 5.41) is 7.33. The fraction of sp³-hybridized carbons (Fsp3) is 0.294. The Hall–Kier alpha value is -1.92. The summed E-state index contributed by atoms with van der Waals surface area (Å²) >= 11 is 7.65. The Labute approximate surface area is 151 Å². The van der Waals surface area contributed by atoms with Gasteiger partial charge in [-0.3, -0.25) is 4.99 Å². The number of rotatable bonds is 7. The first-order chi connectivity index (χ1) is 11.7. The summed E-state index contributed by atoms with van der Waals surface area (Å²) in [7, 11) is 3.37. The van der Waals surface area contributed by atoms with Gasteiger partial charge in [-0.05, 0) is 35.9 Å². The number of methoxy groups -OCH3 is 1. The van der Waals surface area contributed by atoms with Gasteiger partial charge in [0.25, 0.3) is 0 Å². The van der Waals surface area contributed by atoms with Crippen molar-refractivity contribution in [2.75, 3.05) is 26.5 Å². The first-order valence-corrected chi connectivity index (χ1v) is 8.89. The van der Waals surface area contributed by atoms with Crippen LogP contribution < -0.4 is 15.4 Å². The van der Waals surface area contributed by atoms with E-state index in [-0.39, 0.29) is 0 Å². The summed E-state index contributed by atoms with van der Waals surface area (Å²) in [6.45, 7) is 1.47. The van der Waals surface area contributed by atoms with E-state index in [0.717, 1.165) is 28.8 Å². The lowest BCUT2D eigenvalue weighted by Crippen LogP contribution is -2.37. The van der Waals surface area contributed by atoms with Crippen molar-refractivity contribution in [2.45, 2.75) is 11.4 Å². The van der Waals surface area contributed by atoms with Crippen LogP contribution in [0, 0.1) is 0 Å². The monoisotopic (exact) mass is 364 g/mol. The van der Waals surface area contributed by atoms with Crippen LogP contribution in [0.3, 0.4) is 0 Å². The van der Waals surface area contributed by atoms with Crippen LogP contribution >= 0.6 is 23.4 Å². The third-order valence-corrected chi connectivity index (χ3v) is 4.43. The molecular formula is C17H21ClN4OS. The van der Waals surface area contributed by atoms with Crippen molar-refractivity contribution in [3.8, 4) is 5.88 Å². The molecule has 0 fully saturated rings. The maximum Gasteiger partial charge on any atom is 0.213 e. The van der Waals surface area contributed by atoms with Crippen LogP contribution in [0.25, 0.3) is 0 Å². The second-order valence-electron chi connectivity index (χ2n) is 4.86. The average Bonchev–Trinajstić information content (AvgIpc) is 2.63. The van der Waals surface area contributed by atoms with E-state index in [0.29, 0.717) is 12.4 Å². The molecule has 2 rings (SSSR count). The normalized spacial score (nSPS) is 11.2. The van der Waals surface area contributed by atoms with Gasteiger partial charge in [0.05, 0.1) is 7.11 Å². The van der Waals surface area contributed by atoms with Gasteiger partial charge in [-0.2, -0.15) is 0 Å². The number of nitrogens with zero attached hydrogens (tertiary/aromatic N) is 2. The molecule has 0 unspecified atom stereocenters. The summed E-state index contributed by atoms with van der Waals surface area (Å²) in [6.07, 6.45) is 1.73. The Morgan fingerprint density at radius 1 is 1.25 bits per heavy atom. The number of nitrogens with one attached hydrogen (secondary N) is 2. The average molecular weight is 365 g/mol. The number of benzene rings is 1. The van der Waals surface area contributed by atoms with Crippen molar-refractivity contribution in [3.63, 3.8) is 0 Å². The topological polar surface area (TPSA) is 58.5 Å². The molecular weight excluding hydrogens is 344 g/mol. The Bertz CT molecular complexity index is 664. The summed E-state index contributed by atoms with van der Waals surface area (Å²) in [5.41, 5.74) is 1.08. The van der Waals surface area contributed by atoms with Gasteiger partial charge in [0.2, 0.25) is 5.88 Å². The van der Waals surface area contributed by atoms with Gasteiger partial charge in [-0.15, -0.1) is 11.8 Å². The van der Waals surface area contributed by atoms with Crippen LogP contribution in [0.4, 0.5) is 0 Å². The van der Waals surface area contributed by atoms with Gasteiger partial charge in [0.15, 0.2) is 5.96 Å². The number of aliphatic imine (C=N–C) groups is 1. The van der Waals surface area contributed by atoms with Crippen molar-refractivity contribution in [1.82, 2.24) is 15.6 Å². The van der Waals surface area contributed by atoms with Gasteiger partial charge in [-0.1, -0.05) is 11.6 Å². The van der Waals surface area contributed by atoms with Crippen molar-refractivity contribution >= 4 is 29.3 Å². The fourth-order valence-electron chi connectivity index (χ4n) is 1.95. The minimum Gasteiger partial charge on any atom is -0.481 e. The molecule has 24 heavy (non-hydrogen) atoms. The van der Waals surface area contributed by atoms with E-state index < -0.39 is 0 Å². The molecule has 0 spiro atoms. The highest BCUT2D eigenvalue weighted by Gasteiger charge is 2.01. The molecule has 0 atom stereocenters. The molecule has 7 heteroatoms. The molecule has 0 radical (unpaired) electrons. The van der Waals surface area contributed by atoms with Crippen molar-refractivity contribution in [1.29, 1.82) is 0 Å². The molecule has 2 aromatic rings. The molecule has 0 saturated heterocycles. The Morgan fingerprint density at radius 2 is 2.04 bits per heavy atom. The quantitative estimate of drug-likeness (QED) is 0.342. The molecule has 0 aliphatic rings. The minimum atomic E-state index is 0.608. The maximum atomic E-state index is 5.88. The van der Waals surface area contributed by atoms with Crippen molar-refractivity contribution in [2.24, 2.45) is 4.99 Å². The highest BCUT2D eigenvalue weighted by molar-refractivity contribution is 7.99. The number of aromatic nitrogens is 1. The predicted octanol–water partition coefficient (Wildman–Crippen LogP) is 3.20. The lowest BCUT2D eigenvalue weighted by molar-refractivity contribution is 0.397. The lowest BCUT2D eigenvalue weighted by Gasteiger charge is -2.12. The van der Waals surface area contributed by atoms with E-state index in [1.165, 1.54) is 4.90 Å². The SMILES string of the molecule is CN=C(NCCSc1ccc(Cl)cc1)NCc1ccnc(OC)c1. The Kier molecular flexibility index (Phi) is 7.71. The van der Waals surface area contributed by atoms with Crippen LogP contribution in [0.15, 0.2) is 52.5 Å². The van der Waals surface area contributed by atoms with Crippen LogP contribution in [0.2, 0.25) is 5.02 Å². The smallest absolute Gasteiger partial charge is 0.213 e. The molecule has 128 valence electrons. The van der Waals surface area contributed by atoms with Gasteiger partial charge in [-0.25, -0.2) is 4.98 Å². The summed E-state index contributed by atoms with van der Waals surface area (Å²) in [4.78, 5) is 9.52. The number of guanidine groups is 1. The zero-order valence-electron chi connectivity index (χ0n) is 13.8. The van der Waals surface area contributed by atoms with E-state index in [1.54, 1.807) is 32.1 Å². The predicted molar refractivity (Wildman–Crippen MR) is 101 cm³/mol. The van der Waals surface area contributed by atoms with Gasteiger partial charge in [0, 0.05) is 48.1 Å². The first kappa shape index (κ1) is 18.4. The zero-order valence-corrected chi connectivity index (χ0v) is 15.3. The lowest BCUT2D eigenvalue weighted by atomic mass is 10.2. The largest absolute Gasteiger partial charge is 0.481 e. The molecule has 0 bridgehead atoms. The van der Waals surface area contributed by atoms with E-state index in [4.69, 9.17) is 16.3 Å². The van der Waals surface area contributed by atoms with Crippen molar-refractivity contribution in [3.05, 3.63) is 53.2 Å². The van der Waals surface area contributed by atoms with Gasteiger partial charge in [0.1, 0.15) is 0 Å². The molecule has 1 aromatic carbocycles.